The molecule has 2 rings (SSSR count). The van der Waals surface area contributed by atoms with Gasteiger partial charge in [0, 0.05) is 6.04 Å². The molecule has 2 nitrogen and oxygen atoms in total. The third-order valence-corrected chi connectivity index (χ3v) is 3.11. The van der Waals surface area contributed by atoms with E-state index >= 15 is 0 Å². The van der Waals surface area contributed by atoms with E-state index in [0.717, 1.165) is 19.6 Å². The summed E-state index contributed by atoms with van der Waals surface area (Å²) < 4.78 is 5.15. The first-order valence-electron chi connectivity index (χ1n) is 6.13. The Balaban J connectivity index is 1.73. The molecule has 1 atom stereocenters. The quantitative estimate of drug-likeness (QED) is 0.820. The van der Waals surface area contributed by atoms with E-state index in [2.05, 4.69) is 43.4 Å². The summed E-state index contributed by atoms with van der Waals surface area (Å²) in [4.78, 5) is 0. The molecule has 16 heavy (non-hydrogen) atoms. The standard InChI is InChI=1S/C14H21NO/c1-11-4-3-5-13(8-11)7-6-12(2)15-14-9-16-10-14/h3-5,8,12,14-15H,6-7,9-10H2,1-2H3. The van der Waals surface area contributed by atoms with Crippen molar-refractivity contribution in [3.05, 3.63) is 35.4 Å². The maximum absolute atomic E-state index is 5.15. The van der Waals surface area contributed by atoms with Gasteiger partial charge in [0.15, 0.2) is 0 Å². The van der Waals surface area contributed by atoms with E-state index < -0.39 is 0 Å². The van der Waals surface area contributed by atoms with E-state index in [-0.39, 0.29) is 0 Å². The first-order valence-corrected chi connectivity index (χ1v) is 6.13. The van der Waals surface area contributed by atoms with Crippen molar-refractivity contribution in [1.82, 2.24) is 5.32 Å². The third-order valence-electron chi connectivity index (χ3n) is 3.11. The molecule has 0 aromatic heterocycles. The highest BCUT2D eigenvalue weighted by Gasteiger charge is 2.19. The molecule has 1 aromatic rings. The van der Waals surface area contributed by atoms with E-state index in [1.165, 1.54) is 17.5 Å². The van der Waals surface area contributed by atoms with Gasteiger partial charge in [0.2, 0.25) is 0 Å². The molecule has 1 unspecified atom stereocenters. The fraction of sp³-hybridized carbons (Fsp3) is 0.571. The van der Waals surface area contributed by atoms with Crippen LogP contribution in [0.3, 0.4) is 0 Å². The predicted octanol–water partition coefficient (Wildman–Crippen LogP) is 2.30. The van der Waals surface area contributed by atoms with Crippen LogP contribution in [0.2, 0.25) is 0 Å². The van der Waals surface area contributed by atoms with Crippen molar-refractivity contribution >= 4 is 0 Å². The zero-order chi connectivity index (χ0) is 11.4. The smallest absolute Gasteiger partial charge is 0.0643 e. The van der Waals surface area contributed by atoms with Crippen LogP contribution < -0.4 is 5.32 Å². The summed E-state index contributed by atoms with van der Waals surface area (Å²) in [6.07, 6.45) is 2.35. The summed E-state index contributed by atoms with van der Waals surface area (Å²) in [6.45, 7) is 6.18. The minimum absolute atomic E-state index is 0.578. The first kappa shape index (κ1) is 11.6. The summed E-state index contributed by atoms with van der Waals surface area (Å²) >= 11 is 0. The number of benzene rings is 1. The molecule has 0 saturated carbocycles. The van der Waals surface area contributed by atoms with Gasteiger partial charge in [0.05, 0.1) is 19.3 Å². The van der Waals surface area contributed by atoms with Crippen molar-refractivity contribution in [2.45, 2.75) is 38.8 Å². The second-order valence-corrected chi connectivity index (χ2v) is 4.83. The Bertz CT molecular complexity index is 333. The number of ether oxygens (including phenoxy) is 1. The SMILES string of the molecule is Cc1cccc(CCC(C)NC2COC2)c1. The van der Waals surface area contributed by atoms with Crippen LogP contribution in [-0.4, -0.2) is 25.3 Å². The summed E-state index contributed by atoms with van der Waals surface area (Å²) in [5.41, 5.74) is 2.80. The van der Waals surface area contributed by atoms with Crippen LogP contribution in [0.1, 0.15) is 24.5 Å². The molecule has 0 radical (unpaired) electrons. The van der Waals surface area contributed by atoms with E-state index in [4.69, 9.17) is 4.74 Å². The van der Waals surface area contributed by atoms with Crippen molar-refractivity contribution in [3.63, 3.8) is 0 Å². The number of hydrogen-bond donors (Lipinski definition) is 1. The summed E-state index contributed by atoms with van der Waals surface area (Å²) in [7, 11) is 0. The van der Waals surface area contributed by atoms with E-state index in [1.54, 1.807) is 0 Å². The normalized spacial score (nSPS) is 18.1. The van der Waals surface area contributed by atoms with Gasteiger partial charge in [0.25, 0.3) is 0 Å². The van der Waals surface area contributed by atoms with E-state index in [1.807, 2.05) is 0 Å². The third kappa shape index (κ3) is 3.32. The summed E-state index contributed by atoms with van der Waals surface area (Å²) in [5.74, 6) is 0. The van der Waals surface area contributed by atoms with E-state index in [0.29, 0.717) is 12.1 Å². The van der Waals surface area contributed by atoms with Crippen LogP contribution in [0.25, 0.3) is 0 Å². The maximum atomic E-state index is 5.15. The molecule has 1 heterocycles. The topological polar surface area (TPSA) is 21.3 Å². The Morgan fingerprint density at radius 1 is 1.44 bits per heavy atom. The first-order chi connectivity index (χ1) is 7.74. The van der Waals surface area contributed by atoms with E-state index in [9.17, 15) is 0 Å². The van der Waals surface area contributed by atoms with Crippen LogP contribution in [0, 0.1) is 6.92 Å². The predicted molar refractivity (Wildman–Crippen MR) is 66.7 cm³/mol. The van der Waals surface area contributed by atoms with Crippen LogP contribution in [-0.2, 0) is 11.2 Å². The lowest BCUT2D eigenvalue weighted by Crippen LogP contribution is -2.49. The van der Waals surface area contributed by atoms with Crippen molar-refractivity contribution in [3.8, 4) is 0 Å². The van der Waals surface area contributed by atoms with Crippen molar-refractivity contribution in [2.75, 3.05) is 13.2 Å². The van der Waals surface area contributed by atoms with Crippen LogP contribution in [0.5, 0.6) is 0 Å². The number of rotatable bonds is 5. The number of aryl methyl sites for hydroxylation is 2. The van der Waals surface area contributed by atoms with Gasteiger partial charge in [-0.05, 0) is 32.3 Å². The lowest BCUT2D eigenvalue weighted by Gasteiger charge is -2.30. The van der Waals surface area contributed by atoms with Crippen molar-refractivity contribution in [2.24, 2.45) is 0 Å². The molecule has 1 fully saturated rings. The monoisotopic (exact) mass is 219 g/mol. The van der Waals surface area contributed by atoms with Gasteiger partial charge < -0.3 is 10.1 Å². The Morgan fingerprint density at radius 2 is 2.25 bits per heavy atom. The molecule has 2 heteroatoms. The molecular formula is C14H21NO. The highest BCUT2D eigenvalue weighted by molar-refractivity contribution is 5.22. The highest BCUT2D eigenvalue weighted by atomic mass is 16.5. The van der Waals surface area contributed by atoms with Gasteiger partial charge in [-0.3, -0.25) is 0 Å². The minimum atomic E-state index is 0.578. The molecule has 1 aliphatic rings. The Labute approximate surface area is 98.0 Å². The van der Waals surface area contributed by atoms with Crippen molar-refractivity contribution in [1.29, 1.82) is 0 Å². The zero-order valence-electron chi connectivity index (χ0n) is 10.2. The summed E-state index contributed by atoms with van der Waals surface area (Å²) in [5, 5.41) is 3.58. The molecule has 1 aliphatic heterocycles. The Hall–Kier alpha value is -0.860. The van der Waals surface area contributed by atoms with Crippen molar-refractivity contribution < 1.29 is 4.74 Å². The zero-order valence-corrected chi connectivity index (χ0v) is 10.2. The highest BCUT2D eigenvalue weighted by Crippen LogP contribution is 2.09. The van der Waals surface area contributed by atoms with Gasteiger partial charge >= 0.3 is 0 Å². The molecule has 0 amide bonds. The summed E-state index contributed by atoms with van der Waals surface area (Å²) in [6, 6.07) is 9.95. The Morgan fingerprint density at radius 3 is 2.88 bits per heavy atom. The maximum Gasteiger partial charge on any atom is 0.0643 e. The fourth-order valence-electron chi connectivity index (χ4n) is 2.07. The average molecular weight is 219 g/mol. The fourth-order valence-corrected chi connectivity index (χ4v) is 2.07. The molecule has 1 aromatic carbocycles. The molecule has 1 saturated heterocycles. The second-order valence-electron chi connectivity index (χ2n) is 4.83. The average Bonchev–Trinajstić information content (AvgIpc) is 2.21. The molecule has 0 bridgehead atoms. The van der Waals surface area contributed by atoms with Crippen LogP contribution >= 0.6 is 0 Å². The number of hydrogen-bond acceptors (Lipinski definition) is 2. The molecule has 0 aliphatic carbocycles. The largest absolute Gasteiger partial charge is 0.378 e. The number of nitrogens with one attached hydrogen (secondary N) is 1. The van der Waals surface area contributed by atoms with Gasteiger partial charge in [0.1, 0.15) is 0 Å². The second kappa shape index (κ2) is 5.46. The molecule has 1 N–H and O–H groups in total. The molecular weight excluding hydrogens is 198 g/mol. The molecule has 88 valence electrons. The molecule has 0 spiro atoms. The van der Waals surface area contributed by atoms with Gasteiger partial charge in [-0.2, -0.15) is 0 Å². The lowest BCUT2D eigenvalue weighted by molar-refractivity contribution is -0.00946. The van der Waals surface area contributed by atoms with Gasteiger partial charge in [-0.1, -0.05) is 29.8 Å². The van der Waals surface area contributed by atoms with Gasteiger partial charge in [-0.15, -0.1) is 0 Å². The lowest BCUT2D eigenvalue weighted by atomic mass is 10.0. The van der Waals surface area contributed by atoms with Crippen LogP contribution in [0.15, 0.2) is 24.3 Å². The van der Waals surface area contributed by atoms with Crippen LogP contribution in [0.4, 0.5) is 0 Å². The minimum Gasteiger partial charge on any atom is -0.378 e. The Kier molecular flexibility index (Phi) is 3.97. The van der Waals surface area contributed by atoms with Gasteiger partial charge in [-0.25, -0.2) is 0 Å².